The van der Waals surface area contributed by atoms with Gasteiger partial charge in [-0.25, -0.2) is 4.79 Å². The van der Waals surface area contributed by atoms with E-state index in [-0.39, 0.29) is 35.3 Å². The van der Waals surface area contributed by atoms with Crippen LogP contribution in [0.2, 0.25) is 0 Å². The number of thioether (sulfide) groups is 1. The van der Waals surface area contributed by atoms with Crippen molar-refractivity contribution >= 4 is 22.8 Å². The van der Waals surface area contributed by atoms with E-state index in [4.69, 9.17) is 18.9 Å². The third kappa shape index (κ3) is 5.89. The first kappa shape index (κ1) is 23.1. The number of hydrogen-bond donors (Lipinski definition) is 4. The van der Waals surface area contributed by atoms with Crippen molar-refractivity contribution in [1.82, 2.24) is 0 Å². The minimum atomic E-state index is -1.38. The minimum Gasteiger partial charge on any atom is -0.504 e. The number of rotatable bonds is 12. The van der Waals surface area contributed by atoms with Crippen molar-refractivity contribution in [2.45, 2.75) is 12.5 Å². The molecule has 29 heavy (non-hydrogen) atoms. The maximum Gasteiger partial charge on any atom is 0.332 e. The van der Waals surface area contributed by atoms with Gasteiger partial charge in [-0.1, -0.05) is 0 Å². The number of aliphatic imine (C=N–C) groups is 1. The van der Waals surface area contributed by atoms with Gasteiger partial charge in [0.05, 0.1) is 38.6 Å². The molecule has 0 saturated heterocycles. The van der Waals surface area contributed by atoms with Gasteiger partial charge in [0.1, 0.15) is 11.7 Å². The van der Waals surface area contributed by atoms with Crippen molar-refractivity contribution in [2.75, 3.05) is 52.5 Å². The Morgan fingerprint density at radius 2 is 1.72 bits per heavy atom. The predicted octanol–water partition coefficient (Wildman–Crippen LogP) is 1.20. The van der Waals surface area contributed by atoms with Crippen LogP contribution in [0.15, 0.2) is 11.1 Å². The highest BCUT2D eigenvalue weighted by molar-refractivity contribution is 8.14. The molecule has 0 aliphatic carbocycles. The largest absolute Gasteiger partial charge is 0.504 e. The van der Waals surface area contributed by atoms with Crippen molar-refractivity contribution in [3.05, 3.63) is 11.6 Å². The van der Waals surface area contributed by atoms with E-state index in [2.05, 4.69) is 4.99 Å². The lowest BCUT2D eigenvalue weighted by Gasteiger charge is -2.14. The number of carbonyl (C=O) groups is 1. The molecule has 1 aromatic rings. The van der Waals surface area contributed by atoms with E-state index in [1.165, 1.54) is 6.92 Å². The van der Waals surface area contributed by atoms with Gasteiger partial charge in [-0.15, -0.1) is 11.8 Å². The van der Waals surface area contributed by atoms with Crippen molar-refractivity contribution < 1.29 is 44.2 Å². The van der Waals surface area contributed by atoms with Gasteiger partial charge in [0.2, 0.25) is 0 Å². The zero-order valence-electron chi connectivity index (χ0n) is 16.2. The molecule has 10 nitrogen and oxygen atoms in total. The molecular weight excluding hydrogens is 406 g/mol. The van der Waals surface area contributed by atoms with Crippen LogP contribution in [0, 0.1) is 0 Å². The smallest absolute Gasteiger partial charge is 0.332 e. The second-order valence-electron chi connectivity index (χ2n) is 6.32. The Balaban J connectivity index is 1.98. The van der Waals surface area contributed by atoms with Crippen LogP contribution in [0.4, 0.5) is 0 Å². The van der Waals surface area contributed by atoms with Crippen LogP contribution in [-0.4, -0.2) is 89.5 Å². The van der Waals surface area contributed by atoms with Crippen LogP contribution >= 0.6 is 11.8 Å². The van der Waals surface area contributed by atoms with E-state index in [0.29, 0.717) is 26.4 Å². The van der Waals surface area contributed by atoms with E-state index < -0.39 is 28.8 Å². The maximum absolute atomic E-state index is 11.4. The fraction of sp³-hybridized carbons (Fsp3) is 0.556. The summed E-state index contributed by atoms with van der Waals surface area (Å²) in [5.41, 5.74) is -1.55. The lowest BCUT2D eigenvalue weighted by Crippen LogP contribution is -2.33. The van der Waals surface area contributed by atoms with Crippen LogP contribution in [-0.2, 0) is 19.0 Å². The van der Waals surface area contributed by atoms with Crippen LogP contribution < -0.4 is 4.74 Å². The molecule has 0 amide bonds. The molecule has 0 bridgehead atoms. The second kappa shape index (κ2) is 10.5. The van der Waals surface area contributed by atoms with E-state index in [1.807, 2.05) is 0 Å². The molecule has 0 fully saturated rings. The molecule has 1 aliphatic heterocycles. The fourth-order valence-electron chi connectivity index (χ4n) is 2.35. The molecule has 0 spiro atoms. The topological polar surface area (TPSA) is 147 Å². The Bertz CT molecular complexity index is 755. The highest BCUT2D eigenvalue weighted by Crippen LogP contribution is 2.46. The average molecular weight is 431 g/mol. The number of ether oxygens (including phenoxy) is 4. The van der Waals surface area contributed by atoms with E-state index in [1.54, 1.807) is 7.11 Å². The standard InChI is InChI=1S/C18H25NO9S/c1-18(17(23)24)10-29-16(19-18)13-14(21)11(20)9-12(15(13)22)28-8-7-27-6-5-26-4-3-25-2/h9,20-22H,3-8,10H2,1-2H3,(H,23,24). The summed E-state index contributed by atoms with van der Waals surface area (Å²) >= 11 is 1.05. The molecule has 1 heterocycles. The van der Waals surface area contributed by atoms with Gasteiger partial charge in [0, 0.05) is 18.9 Å². The van der Waals surface area contributed by atoms with Crippen LogP contribution in [0.3, 0.4) is 0 Å². The lowest BCUT2D eigenvalue weighted by molar-refractivity contribution is -0.141. The first-order valence-corrected chi connectivity index (χ1v) is 9.80. The Hall–Kier alpha value is -2.21. The summed E-state index contributed by atoms with van der Waals surface area (Å²) in [5, 5.41) is 40.0. The molecule has 4 N–H and O–H groups in total. The second-order valence-corrected chi connectivity index (χ2v) is 7.28. The molecule has 0 aromatic heterocycles. The van der Waals surface area contributed by atoms with Gasteiger partial charge in [-0.2, -0.15) is 0 Å². The Morgan fingerprint density at radius 1 is 1.10 bits per heavy atom. The van der Waals surface area contributed by atoms with Gasteiger partial charge in [-0.3, -0.25) is 4.99 Å². The number of phenols is 3. The normalized spacial score (nSPS) is 18.6. The number of benzene rings is 1. The average Bonchev–Trinajstić information content (AvgIpc) is 3.08. The SMILES string of the molecule is COCCOCCOCCOc1cc(O)c(O)c(C2=NC(C)(C(=O)O)CS2)c1O. The lowest BCUT2D eigenvalue weighted by atomic mass is 10.1. The summed E-state index contributed by atoms with van der Waals surface area (Å²) in [4.78, 5) is 15.4. The molecule has 0 radical (unpaired) electrons. The van der Waals surface area contributed by atoms with E-state index in [9.17, 15) is 25.2 Å². The monoisotopic (exact) mass is 431 g/mol. The van der Waals surface area contributed by atoms with Gasteiger partial charge < -0.3 is 39.4 Å². The summed E-state index contributed by atoms with van der Waals surface area (Å²) in [6.07, 6.45) is 0. The maximum atomic E-state index is 11.4. The van der Waals surface area contributed by atoms with Crippen LogP contribution in [0.25, 0.3) is 0 Å². The molecule has 1 aliphatic rings. The van der Waals surface area contributed by atoms with Gasteiger partial charge >= 0.3 is 5.97 Å². The minimum absolute atomic E-state index is 0.0712. The van der Waals surface area contributed by atoms with Crippen molar-refractivity contribution in [3.8, 4) is 23.0 Å². The molecule has 2 rings (SSSR count). The Kier molecular flexibility index (Phi) is 8.38. The molecule has 1 aromatic carbocycles. The highest BCUT2D eigenvalue weighted by atomic mass is 32.2. The molecule has 1 unspecified atom stereocenters. The highest BCUT2D eigenvalue weighted by Gasteiger charge is 2.40. The van der Waals surface area contributed by atoms with Crippen LogP contribution in [0.5, 0.6) is 23.0 Å². The van der Waals surface area contributed by atoms with E-state index in [0.717, 1.165) is 17.8 Å². The Morgan fingerprint density at radius 3 is 2.31 bits per heavy atom. The first-order valence-electron chi connectivity index (χ1n) is 8.81. The third-order valence-electron chi connectivity index (χ3n) is 4.02. The number of hydrogen-bond acceptors (Lipinski definition) is 10. The quantitative estimate of drug-likeness (QED) is 0.216. The van der Waals surface area contributed by atoms with E-state index >= 15 is 0 Å². The zero-order chi connectivity index (χ0) is 21.4. The number of carboxylic acids is 1. The molecular formula is C18H25NO9S. The summed E-state index contributed by atoms with van der Waals surface area (Å²) in [5.74, 6) is -2.64. The number of phenolic OH excluding ortho intramolecular Hbond substituents is 3. The number of methoxy groups -OCH3 is 1. The van der Waals surface area contributed by atoms with Crippen molar-refractivity contribution in [3.63, 3.8) is 0 Å². The number of nitrogens with zero attached hydrogens (tertiary/aromatic N) is 1. The molecule has 11 heteroatoms. The zero-order valence-corrected chi connectivity index (χ0v) is 17.0. The van der Waals surface area contributed by atoms with Crippen molar-refractivity contribution in [2.24, 2.45) is 4.99 Å². The number of aromatic hydroxyl groups is 3. The van der Waals surface area contributed by atoms with Gasteiger partial charge in [-0.05, 0) is 6.92 Å². The van der Waals surface area contributed by atoms with Gasteiger partial charge in [0.15, 0.2) is 28.5 Å². The Labute approximate surface area is 172 Å². The number of aliphatic carboxylic acids is 1. The number of carboxylic acid groups (broad SMARTS) is 1. The van der Waals surface area contributed by atoms with Crippen molar-refractivity contribution in [1.29, 1.82) is 0 Å². The summed E-state index contributed by atoms with van der Waals surface area (Å²) in [7, 11) is 1.59. The first-order chi connectivity index (χ1) is 13.8. The van der Waals surface area contributed by atoms with Gasteiger partial charge in [0.25, 0.3) is 0 Å². The molecule has 1 atom stereocenters. The predicted molar refractivity (Wildman–Crippen MR) is 105 cm³/mol. The summed E-state index contributed by atoms with van der Waals surface area (Å²) < 4.78 is 20.9. The van der Waals surface area contributed by atoms with Crippen LogP contribution in [0.1, 0.15) is 12.5 Å². The summed E-state index contributed by atoms with van der Waals surface area (Å²) in [6.45, 7) is 3.44. The molecule has 162 valence electrons. The third-order valence-corrected chi connectivity index (χ3v) is 5.29. The molecule has 0 saturated carbocycles. The fourth-order valence-corrected chi connectivity index (χ4v) is 3.56. The summed E-state index contributed by atoms with van der Waals surface area (Å²) in [6, 6.07) is 1.07.